The monoisotopic (exact) mass is 335 g/mol. The van der Waals surface area contributed by atoms with Gasteiger partial charge in [0.25, 0.3) is 5.56 Å². The van der Waals surface area contributed by atoms with Gasteiger partial charge in [0.1, 0.15) is 5.69 Å². The van der Waals surface area contributed by atoms with Crippen molar-refractivity contribution in [3.63, 3.8) is 0 Å². The molecule has 1 aromatic heterocycles. The topological polar surface area (TPSA) is 52.9 Å². The Kier molecular flexibility index (Phi) is 3.46. The largest absolute Gasteiger partial charge is 0.393 e. The van der Waals surface area contributed by atoms with Crippen LogP contribution in [-0.4, -0.2) is 9.36 Å². The number of hydrogen-bond acceptors (Lipinski definition) is 2. The Hall–Kier alpha value is -1.49. The highest BCUT2D eigenvalue weighted by Gasteiger charge is 2.32. The van der Waals surface area contributed by atoms with Crippen LogP contribution in [0, 0.1) is 0 Å². The number of benzene rings is 1. The van der Waals surface area contributed by atoms with Crippen molar-refractivity contribution in [3.05, 3.63) is 50.3 Å². The van der Waals surface area contributed by atoms with E-state index in [1.54, 1.807) is 4.68 Å². The van der Waals surface area contributed by atoms with Crippen LogP contribution < -0.4 is 11.3 Å². The van der Waals surface area contributed by atoms with Crippen molar-refractivity contribution in [2.24, 2.45) is 0 Å². The van der Waals surface area contributed by atoms with Crippen LogP contribution in [-0.2, 0) is 13.1 Å². The quantitative estimate of drug-likeness (QED) is 0.933. The molecule has 0 amide bonds. The normalized spacial score (nSPS) is 14.7. The van der Waals surface area contributed by atoms with Gasteiger partial charge in [-0.2, -0.15) is 0 Å². The van der Waals surface area contributed by atoms with Crippen molar-refractivity contribution in [1.29, 1.82) is 0 Å². The highest BCUT2D eigenvalue weighted by molar-refractivity contribution is 9.10. The highest BCUT2D eigenvalue weighted by atomic mass is 79.9. The maximum Gasteiger partial charge on any atom is 0.290 e. The van der Waals surface area contributed by atoms with E-state index in [-0.39, 0.29) is 5.56 Å². The number of hydrogen-bond donors (Lipinski definition) is 1. The fourth-order valence-corrected chi connectivity index (χ4v) is 3.11. The smallest absolute Gasteiger partial charge is 0.290 e. The van der Waals surface area contributed by atoms with Crippen LogP contribution >= 0.6 is 15.9 Å². The van der Waals surface area contributed by atoms with Gasteiger partial charge in [0.05, 0.1) is 12.2 Å². The second kappa shape index (κ2) is 5.13. The van der Waals surface area contributed by atoms with Gasteiger partial charge in [-0.3, -0.25) is 9.48 Å². The van der Waals surface area contributed by atoms with Crippen LogP contribution in [0.5, 0.6) is 0 Å². The van der Waals surface area contributed by atoms with Crippen molar-refractivity contribution in [2.75, 3.05) is 5.73 Å². The van der Waals surface area contributed by atoms with E-state index in [9.17, 15) is 4.79 Å². The van der Waals surface area contributed by atoms with Crippen LogP contribution in [0.1, 0.15) is 36.9 Å². The van der Waals surface area contributed by atoms with Crippen LogP contribution in [0.25, 0.3) is 0 Å². The third-order valence-corrected chi connectivity index (χ3v) is 4.63. The third kappa shape index (κ3) is 2.20. The number of anilines is 1. The molecule has 1 aliphatic carbocycles. The van der Waals surface area contributed by atoms with Crippen LogP contribution in [0.15, 0.2) is 33.5 Å². The first-order valence-corrected chi connectivity index (χ1v) is 7.75. The molecule has 2 aromatic rings. The van der Waals surface area contributed by atoms with Crippen molar-refractivity contribution in [2.45, 2.75) is 38.8 Å². The van der Waals surface area contributed by atoms with E-state index >= 15 is 0 Å². The lowest BCUT2D eigenvalue weighted by Crippen LogP contribution is -2.24. The zero-order chi connectivity index (χ0) is 14.3. The van der Waals surface area contributed by atoms with E-state index in [0.717, 1.165) is 35.1 Å². The number of aromatic nitrogens is 2. The Balaban J connectivity index is 2.07. The van der Waals surface area contributed by atoms with Crippen molar-refractivity contribution in [3.8, 4) is 0 Å². The zero-order valence-electron chi connectivity index (χ0n) is 11.5. The maximum absolute atomic E-state index is 12.4. The molecular formula is C15H18BrN3O. The predicted octanol–water partition coefficient (Wildman–Crippen LogP) is 2.94. The SMILES string of the molecule is CCn1c(C2CC2)c(N)c(=O)n1Cc1ccccc1Br. The molecule has 0 saturated heterocycles. The molecule has 0 atom stereocenters. The molecule has 4 nitrogen and oxygen atoms in total. The van der Waals surface area contributed by atoms with E-state index < -0.39 is 0 Å². The number of halogens is 1. The van der Waals surface area contributed by atoms with Crippen molar-refractivity contribution < 1.29 is 0 Å². The first-order valence-electron chi connectivity index (χ1n) is 6.95. The molecule has 0 aliphatic heterocycles. The van der Waals surface area contributed by atoms with E-state index in [1.165, 1.54) is 0 Å². The second-order valence-electron chi connectivity index (χ2n) is 5.24. The predicted molar refractivity (Wildman–Crippen MR) is 84.0 cm³/mol. The summed E-state index contributed by atoms with van der Waals surface area (Å²) in [6.07, 6.45) is 2.28. The Morgan fingerprint density at radius 2 is 2.00 bits per heavy atom. The number of nitrogen functional groups attached to an aromatic ring is 1. The summed E-state index contributed by atoms with van der Waals surface area (Å²) in [5.74, 6) is 0.475. The summed E-state index contributed by atoms with van der Waals surface area (Å²) in [6.45, 7) is 3.37. The average molecular weight is 336 g/mol. The van der Waals surface area contributed by atoms with E-state index in [0.29, 0.717) is 18.2 Å². The van der Waals surface area contributed by atoms with Crippen molar-refractivity contribution in [1.82, 2.24) is 9.36 Å². The standard InChI is InChI=1S/C15H18BrN3O/c1-2-18-14(10-7-8-10)13(17)15(20)19(18)9-11-5-3-4-6-12(11)16/h3-6,10H,2,7-9,17H2,1H3. The average Bonchev–Trinajstić information content (AvgIpc) is 3.24. The molecule has 1 fully saturated rings. The minimum atomic E-state index is -0.0653. The van der Waals surface area contributed by atoms with Gasteiger partial charge in [0.15, 0.2) is 0 Å². The molecule has 1 saturated carbocycles. The number of nitrogens with two attached hydrogens (primary N) is 1. The first-order chi connectivity index (χ1) is 9.63. The summed E-state index contributed by atoms with van der Waals surface area (Å²) < 4.78 is 4.83. The molecule has 3 rings (SSSR count). The molecule has 5 heteroatoms. The Morgan fingerprint density at radius 3 is 2.60 bits per heavy atom. The fraction of sp³-hybridized carbons (Fsp3) is 0.400. The molecule has 1 aliphatic rings. The summed E-state index contributed by atoms with van der Waals surface area (Å²) in [5, 5.41) is 0. The van der Waals surface area contributed by atoms with E-state index in [2.05, 4.69) is 27.5 Å². The second-order valence-corrected chi connectivity index (χ2v) is 6.10. The Morgan fingerprint density at radius 1 is 1.30 bits per heavy atom. The van der Waals surface area contributed by atoms with Gasteiger partial charge >= 0.3 is 0 Å². The Bertz CT molecular complexity index is 698. The molecular weight excluding hydrogens is 318 g/mol. The highest BCUT2D eigenvalue weighted by Crippen LogP contribution is 2.42. The zero-order valence-corrected chi connectivity index (χ0v) is 13.1. The minimum Gasteiger partial charge on any atom is -0.393 e. The van der Waals surface area contributed by atoms with Gasteiger partial charge in [0, 0.05) is 16.9 Å². The third-order valence-electron chi connectivity index (χ3n) is 3.85. The summed E-state index contributed by atoms with van der Waals surface area (Å²) in [6, 6.07) is 7.97. The molecule has 20 heavy (non-hydrogen) atoms. The summed E-state index contributed by atoms with van der Waals surface area (Å²) in [5.41, 5.74) is 8.53. The fourth-order valence-electron chi connectivity index (χ4n) is 2.70. The number of rotatable bonds is 4. The van der Waals surface area contributed by atoms with Crippen LogP contribution in [0.4, 0.5) is 5.69 Å². The summed E-state index contributed by atoms with van der Waals surface area (Å²) in [7, 11) is 0. The van der Waals surface area contributed by atoms with Gasteiger partial charge in [-0.15, -0.1) is 0 Å². The lowest BCUT2D eigenvalue weighted by atomic mass is 10.2. The molecule has 2 N–H and O–H groups in total. The lowest BCUT2D eigenvalue weighted by Gasteiger charge is -2.13. The first kappa shape index (κ1) is 13.5. The lowest BCUT2D eigenvalue weighted by molar-refractivity contribution is 0.472. The summed E-state index contributed by atoms with van der Waals surface area (Å²) in [4.78, 5) is 12.4. The molecule has 0 bridgehead atoms. The van der Waals surface area contributed by atoms with Gasteiger partial charge in [-0.1, -0.05) is 34.1 Å². The molecule has 106 valence electrons. The molecule has 0 unspecified atom stereocenters. The molecule has 0 spiro atoms. The molecule has 1 heterocycles. The summed E-state index contributed by atoms with van der Waals surface area (Å²) >= 11 is 3.54. The van der Waals surface area contributed by atoms with Crippen LogP contribution in [0.3, 0.4) is 0 Å². The molecule has 1 aromatic carbocycles. The Labute approximate surface area is 126 Å². The van der Waals surface area contributed by atoms with Crippen molar-refractivity contribution >= 4 is 21.6 Å². The number of nitrogens with zero attached hydrogens (tertiary/aromatic N) is 2. The molecule has 0 radical (unpaired) electrons. The minimum absolute atomic E-state index is 0.0653. The van der Waals surface area contributed by atoms with Gasteiger partial charge in [-0.05, 0) is 31.4 Å². The van der Waals surface area contributed by atoms with Gasteiger partial charge in [0.2, 0.25) is 0 Å². The van der Waals surface area contributed by atoms with E-state index in [1.807, 2.05) is 24.3 Å². The van der Waals surface area contributed by atoms with Gasteiger partial charge in [-0.25, -0.2) is 4.68 Å². The van der Waals surface area contributed by atoms with Gasteiger partial charge < -0.3 is 5.73 Å². The maximum atomic E-state index is 12.4. The van der Waals surface area contributed by atoms with E-state index in [4.69, 9.17) is 5.73 Å². The van der Waals surface area contributed by atoms with Crippen LogP contribution in [0.2, 0.25) is 0 Å².